The van der Waals surface area contributed by atoms with Gasteiger partial charge in [0.25, 0.3) is 0 Å². The Morgan fingerprint density at radius 1 is 1.03 bits per heavy atom. The summed E-state index contributed by atoms with van der Waals surface area (Å²) in [4.78, 5) is 16.6. The van der Waals surface area contributed by atoms with Crippen LogP contribution >= 0.6 is 11.8 Å². The lowest BCUT2D eigenvalue weighted by Crippen LogP contribution is -2.14. The number of methoxy groups -OCH3 is 1. The maximum atomic E-state index is 12.4. The number of carbonyl (C=O) groups is 1. The summed E-state index contributed by atoms with van der Waals surface area (Å²) in [6.45, 7) is 2.01. The Bertz CT molecular complexity index is 1180. The molecule has 4 rings (SSSR count). The molecule has 1 amide bonds. The van der Waals surface area contributed by atoms with Gasteiger partial charge in [0.2, 0.25) is 11.8 Å². The first-order valence-corrected chi connectivity index (χ1v) is 10.8. The van der Waals surface area contributed by atoms with E-state index in [0.717, 1.165) is 17.0 Å². The van der Waals surface area contributed by atoms with Crippen molar-refractivity contribution in [2.24, 2.45) is 0 Å². The molecule has 4 aromatic rings. The lowest BCUT2D eigenvalue weighted by molar-refractivity contribution is -0.113. The van der Waals surface area contributed by atoms with E-state index in [0.29, 0.717) is 22.5 Å². The highest BCUT2D eigenvalue weighted by Crippen LogP contribution is 2.23. The monoisotopic (exact) mass is 447 g/mol. The van der Waals surface area contributed by atoms with E-state index in [2.05, 4.69) is 20.5 Å². The molecule has 0 aliphatic rings. The van der Waals surface area contributed by atoms with Gasteiger partial charge in [0.1, 0.15) is 17.8 Å². The van der Waals surface area contributed by atoms with Crippen molar-refractivity contribution < 1.29 is 14.3 Å². The molecule has 8 nitrogen and oxygen atoms in total. The second kappa shape index (κ2) is 9.97. The highest BCUT2D eigenvalue weighted by molar-refractivity contribution is 7.99. The Balaban J connectivity index is 1.31. The zero-order valence-corrected chi connectivity index (χ0v) is 18.4. The van der Waals surface area contributed by atoms with Crippen molar-refractivity contribution in [3.8, 4) is 23.1 Å². The van der Waals surface area contributed by atoms with E-state index in [1.807, 2.05) is 60.0 Å². The number of aryl methyl sites for hydroxylation is 1. The number of benzene rings is 2. The molecule has 9 heteroatoms. The minimum atomic E-state index is -0.173. The van der Waals surface area contributed by atoms with Gasteiger partial charge in [0, 0.05) is 11.8 Å². The molecule has 0 spiro atoms. The average molecular weight is 448 g/mol. The maximum absolute atomic E-state index is 12.4. The van der Waals surface area contributed by atoms with Gasteiger partial charge >= 0.3 is 0 Å². The molecule has 1 N–H and O–H groups in total. The fourth-order valence-electron chi connectivity index (χ4n) is 2.81. The number of hydrogen-bond acceptors (Lipinski definition) is 7. The SMILES string of the molecule is COc1ccc(-n2cnnc2SCC(=O)Nc2ccc(Oc3ccc(C)cc3)nc2)cc1. The lowest BCUT2D eigenvalue weighted by atomic mass is 10.2. The van der Waals surface area contributed by atoms with Crippen molar-refractivity contribution >= 4 is 23.4 Å². The molecule has 0 aliphatic carbocycles. The number of nitrogens with zero attached hydrogens (tertiary/aromatic N) is 4. The summed E-state index contributed by atoms with van der Waals surface area (Å²) >= 11 is 1.29. The van der Waals surface area contributed by atoms with Crippen molar-refractivity contribution in [1.82, 2.24) is 19.7 Å². The van der Waals surface area contributed by atoms with Crippen molar-refractivity contribution in [2.75, 3.05) is 18.2 Å². The third-order valence-electron chi connectivity index (χ3n) is 4.46. The first-order valence-electron chi connectivity index (χ1n) is 9.78. The summed E-state index contributed by atoms with van der Waals surface area (Å²) in [6.07, 6.45) is 3.17. The smallest absolute Gasteiger partial charge is 0.234 e. The zero-order valence-electron chi connectivity index (χ0n) is 17.6. The number of carbonyl (C=O) groups excluding carboxylic acids is 1. The van der Waals surface area contributed by atoms with Crippen molar-refractivity contribution in [2.45, 2.75) is 12.1 Å². The van der Waals surface area contributed by atoms with Gasteiger partial charge in [-0.1, -0.05) is 29.5 Å². The Morgan fingerprint density at radius 2 is 1.78 bits per heavy atom. The number of pyridine rings is 1. The molecule has 0 aliphatic heterocycles. The summed E-state index contributed by atoms with van der Waals surface area (Å²) < 4.78 is 12.7. The van der Waals surface area contributed by atoms with Crippen LogP contribution in [0.25, 0.3) is 5.69 Å². The van der Waals surface area contributed by atoms with E-state index in [9.17, 15) is 4.79 Å². The molecule has 0 saturated heterocycles. The highest BCUT2D eigenvalue weighted by Gasteiger charge is 2.11. The van der Waals surface area contributed by atoms with Gasteiger partial charge in [0.05, 0.1) is 24.7 Å². The second-order valence-electron chi connectivity index (χ2n) is 6.82. The maximum Gasteiger partial charge on any atom is 0.234 e. The third kappa shape index (κ3) is 5.44. The van der Waals surface area contributed by atoms with Gasteiger partial charge in [-0.15, -0.1) is 10.2 Å². The summed E-state index contributed by atoms with van der Waals surface area (Å²) in [5.74, 6) is 1.93. The van der Waals surface area contributed by atoms with Gasteiger partial charge < -0.3 is 14.8 Å². The molecule has 2 aromatic carbocycles. The van der Waals surface area contributed by atoms with Crippen LogP contribution in [0.3, 0.4) is 0 Å². The van der Waals surface area contributed by atoms with Crippen LogP contribution in [0.5, 0.6) is 17.4 Å². The normalized spacial score (nSPS) is 10.6. The molecule has 0 fully saturated rings. The fraction of sp³-hybridized carbons (Fsp3) is 0.130. The first kappa shape index (κ1) is 21.4. The van der Waals surface area contributed by atoms with Crippen LogP contribution in [-0.4, -0.2) is 38.5 Å². The molecular formula is C23H21N5O3S. The van der Waals surface area contributed by atoms with Crippen molar-refractivity contribution in [3.63, 3.8) is 0 Å². The molecule has 162 valence electrons. The van der Waals surface area contributed by atoms with Crippen LogP contribution in [0.1, 0.15) is 5.56 Å². The standard InChI is InChI=1S/C23H21N5O3S/c1-16-3-8-20(9-4-16)31-22-12-5-17(13-24-22)26-21(29)14-32-23-27-25-15-28(23)18-6-10-19(30-2)11-7-18/h3-13,15H,14H2,1-2H3,(H,26,29). The summed E-state index contributed by atoms with van der Waals surface area (Å²) in [7, 11) is 1.62. The molecule has 0 unspecified atom stereocenters. The van der Waals surface area contributed by atoms with Crippen LogP contribution in [0.15, 0.2) is 78.3 Å². The predicted octanol–water partition coefficient (Wildman–Crippen LogP) is 4.50. The molecule has 32 heavy (non-hydrogen) atoms. The number of nitrogens with one attached hydrogen (secondary N) is 1. The van der Waals surface area contributed by atoms with E-state index in [1.54, 1.807) is 31.8 Å². The Hall–Kier alpha value is -3.85. The molecular weight excluding hydrogens is 426 g/mol. The van der Waals surface area contributed by atoms with E-state index in [1.165, 1.54) is 11.8 Å². The molecule has 0 radical (unpaired) electrons. The largest absolute Gasteiger partial charge is 0.497 e. The Kier molecular flexibility index (Phi) is 6.66. The van der Waals surface area contributed by atoms with Crippen LogP contribution in [-0.2, 0) is 4.79 Å². The van der Waals surface area contributed by atoms with E-state index < -0.39 is 0 Å². The van der Waals surface area contributed by atoms with Crippen LogP contribution in [0.2, 0.25) is 0 Å². The van der Waals surface area contributed by atoms with Gasteiger partial charge in [-0.05, 0) is 49.4 Å². The van der Waals surface area contributed by atoms with Gasteiger partial charge in [-0.25, -0.2) is 4.98 Å². The fourth-order valence-corrected chi connectivity index (χ4v) is 3.54. The second-order valence-corrected chi connectivity index (χ2v) is 7.76. The third-order valence-corrected chi connectivity index (χ3v) is 5.41. The first-order chi connectivity index (χ1) is 15.6. The Labute approximate surface area is 189 Å². The number of amides is 1. The number of rotatable bonds is 8. The zero-order chi connectivity index (χ0) is 22.3. The highest BCUT2D eigenvalue weighted by atomic mass is 32.2. The van der Waals surface area contributed by atoms with Crippen LogP contribution in [0.4, 0.5) is 5.69 Å². The number of ether oxygens (including phenoxy) is 2. The van der Waals surface area contributed by atoms with Crippen molar-refractivity contribution in [3.05, 3.63) is 78.8 Å². The quantitative estimate of drug-likeness (QED) is 0.398. The van der Waals surface area contributed by atoms with E-state index in [4.69, 9.17) is 9.47 Å². The van der Waals surface area contributed by atoms with Gasteiger partial charge in [-0.2, -0.15) is 0 Å². The molecule has 0 atom stereocenters. The van der Waals surface area contributed by atoms with Gasteiger partial charge in [-0.3, -0.25) is 9.36 Å². The molecule has 0 bridgehead atoms. The average Bonchev–Trinajstić information content (AvgIpc) is 3.29. The number of thioether (sulfide) groups is 1. The minimum Gasteiger partial charge on any atom is -0.497 e. The number of hydrogen-bond donors (Lipinski definition) is 1. The van der Waals surface area contributed by atoms with E-state index >= 15 is 0 Å². The molecule has 0 saturated carbocycles. The number of anilines is 1. The number of aromatic nitrogens is 4. The van der Waals surface area contributed by atoms with Crippen LogP contribution < -0.4 is 14.8 Å². The van der Waals surface area contributed by atoms with E-state index in [-0.39, 0.29) is 11.7 Å². The minimum absolute atomic E-state index is 0.173. The Morgan fingerprint density at radius 3 is 2.47 bits per heavy atom. The van der Waals surface area contributed by atoms with Crippen LogP contribution in [0, 0.1) is 6.92 Å². The molecule has 2 heterocycles. The topological polar surface area (TPSA) is 91.2 Å². The van der Waals surface area contributed by atoms with Crippen molar-refractivity contribution in [1.29, 1.82) is 0 Å². The summed E-state index contributed by atoms with van der Waals surface area (Å²) in [5.41, 5.74) is 2.62. The summed E-state index contributed by atoms with van der Waals surface area (Å²) in [5, 5.41) is 11.5. The molecule has 2 aromatic heterocycles. The lowest BCUT2D eigenvalue weighted by Gasteiger charge is -2.08. The predicted molar refractivity (Wildman–Crippen MR) is 123 cm³/mol. The summed E-state index contributed by atoms with van der Waals surface area (Å²) in [6, 6.07) is 18.7. The van der Waals surface area contributed by atoms with Gasteiger partial charge in [0.15, 0.2) is 5.16 Å².